The molecule has 0 bridgehead atoms. The molecule has 0 spiro atoms. The smallest absolute Gasteiger partial charge is 0.375 e. The minimum atomic E-state index is -0.855. The highest BCUT2D eigenvalue weighted by Gasteiger charge is 2.25. The molecule has 2 aromatic carbocycles. The van der Waals surface area contributed by atoms with Crippen molar-refractivity contribution in [1.82, 2.24) is 0 Å². The van der Waals surface area contributed by atoms with Crippen molar-refractivity contribution in [3.63, 3.8) is 0 Å². The number of hydrogen-bond donors (Lipinski definition) is 1. The van der Waals surface area contributed by atoms with Crippen molar-refractivity contribution in [1.29, 1.82) is 0 Å². The quantitative estimate of drug-likeness (QED) is 0.283. The second kappa shape index (κ2) is 10.4. The van der Waals surface area contributed by atoms with Crippen LogP contribution in [0.15, 0.2) is 40.8 Å². The lowest BCUT2D eigenvalue weighted by Crippen LogP contribution is -2.22. The molecule has 4 rings (SSSR count). The van der Waals surface area contributed by atoms with Crippen molar-refractivity contribution >= 4 is 34.2 Å². The van der Waals surface area contributed by atoms with Crippen molar-refractivity contribution in [3.8, 4) is 11.5 Å². The van der Waals surface area contributed by atoms with Crippen LogP contribution in [-0.2, 0) is 20.9 Å². The van der Waals surface area contributed by atoms with E-state index in [0.717, 1.165) is 0 Å². The highest BCUT2D eigenvalue weighted by molar-refractivity contribution is 5.99. The second-order valence-electron chi connectivity index (χ2n) is 8.01. The lowest BCUT2D eigenvalue weighted by molar-refractivity contribution is -0.384. The topological polar surface area (TPSA) is 139 Å². The number of anilines is 1. The Morgan fingerprint density at radius 3 is 2.57 bits per heavy atom. The molecule has 0 fully saturated rings. The Kier molecular flexibility index (Phi) is 7.16. The Morgan fingerprint density at radius 2 is 1.86 bits per heavy atom. The highest BCUT2D eigenvalue weighted by atomic mass is 16.6. The van der Waals surface area contributed by atoms with E-state index in [-0.39, 0.29) is 41.3 Å². The van der Waals surface area contributed by atoms with Crippen LogP contribution in [0.1, 0.15) is 36.4 Å². The number of esters is 1. The average molecular weight is 484 g/mol. The van der Waals surface area contributed by atoms with Gasteiger partial charge < -0.3 is 28.7 Å². The van der Waals surface area contributed by atoms with Crippen molar-refractivity contribution in [2.75, 3.05) is 25.1 Å². The van der Waals surface area contributed by atoms with Crippen LogP contribution < -0.4 is 14.8 Å². The van der Waals surface area contributed by atoms with Gasteiger partial charge in [-0.05, 0) is 19.9 Å². The summed E-state index contributed by atoms with van der Waals surface area (Å²) in [7, 11) is 0. The number of carbonyl (C=O) groups excluding carboxylic acids is 2. The van der Waals surface area contributed by atoms with E-state index >= 15 is 0 Å². The highest BCUT2D eigenvalue weighted by Crippen LogP contribution is 2.39. The molecule has 35 heavy (non-hydrogen) atoms. The molecular formula is C24H24N2O9. The summed E-state index contributed by atoms with van der Waals surface area (Å²) in [6, 6.07) is 9.59. The molecule has 11 nitrogen and oxygen atoms in total. The van der Waals surface area contributed by atoms with Crippen LogP contribution in [0.2, 0.25) is 0 Å². The average Bonchev–Trinajstić information content (AvgIpc) is 3.04. The summed E-state index contributed by atoms with van der Waals surface area (Å²) >= 11 is 0. The summed E-state index contributed by atoms with van der Waals surface area (Å²) < 4.78 is 27.5. The minimum absolute atomic E-state index is 0.0683. The lowest BCUT2D eigenvalue weighted by atomic mass is 10.1. The lowest BCUT2D eigenvalue weighted by Gasteiger charge is -2.11. The fourth-order valence-electron chi connectivity index (χ4n) is 3.49. The molecule has 1 aliphatic rings. The first kappa shape index (κ1) is 24.0. The summed E-state index contributed by atoms with van der Waals surface area (Å²) in [5.41, 5.74) is 0.515. The predicted molar refractivity (Wildman–Crippen MR) is 124 cm³/mol. The molecule has 0 unspecified atom stereocenters. The van der Waals surface area contributed by atoms with Crippen molar-refractivity contribution in [2.45, 2.75) is 33.0 Å². The summed E-state index contributed by atoms with van der Waals surface area (Å²) in [5, 5.41) is 14.6. The normalized spacial score (nSPS) is 12.9. The van der Waals surface area contributed by atoms with E-state index in [1.165, 1.54) is 12.1 Å². The maximum atomic E-state index is 12.7. The van der Waals surface area contributed by atoms with Gasteiger partial charge in [-0.3, -0.25) is 14.9 Å². The molecule has 1 aliphatic heterocycles. The zero-order valence-corrected chi connectivity index (χ0v) is 19.2. The van der Waals surface area contributed by atoms with Gasteiger partial charge in [0.05, 0.1) is 36.9 Å². The molecule has 0 saturated heterocycles. The van der Waals surface area contributed by atoms with Gasteiger partial charge in [-0.1, -0.05) is 18.2 Å². The third-order valence-electron chi connectivity index (χ3n) is 5.12. The van der Waals surface area contributed by atoms with Crippen molar-refractivity contribution < 1.29 is 37.9 Å². The van der Waals surface area contributed by atoms with Gasteiger partial charge >= 0.3 is 5.97 Å². The number of amides is 1. The second-order valence-corrected chi connectivity index (χ2v) is 8.01. The van der Waals surface area contributed by atoms with Gasteiger partial charge in [0.2, 0.25) is 5.76 Å². The van der Waals surface area contributed by atoms with Crippen LogP contribution in [-0.4, -0.2) is 42.7 Å². The fraction of sp³-hybridized carbons (Fsp3) is 0.333. The number of nitro groups is 1. The summed E-state index contributed by atoms with van der Waals surface area (Å²) in [4.78, 5) is 36.1. The summed E-state index contributed by atoms with van der Waals surface area (Å²) in [5.74, 6) is -1.20. The largest absolute Gasteiger partial charge is 0.489 e. The molecule has 1 aromatic heterocycles. The molecule has 1 N–H and O–H groups in total. The third-order valence-corrected chi connectivity index (χ3v) is 5.12. The van der Waals surface area contributed by atoms with E-state index in [0.29, 0.717) is 36.2 Å². The van der Waals surface area contributed by atoms with Crippen LogP contribution in [0.3, 0.4) is 0 Å². The molecule has 184 valence electrons. The maximum absolute atomic E-state index is 12.7. The Hall–Kier alpha value is -4.12. The maximum Gasteiger partial charge on any atom is 0.375 e. The number of carbonyl (C=O) groups is 2. The molecule has 2 heterocycles. The number of nitrogens with zero attached hydrogens (tertiary/aromatic N) is 1. The van der Waals surface area contributed by atoms with Gasteiger partial charge in [0.1, 0.15) is 11.3 Å². The molecule has 0 radical (unpaired) electrons. The van der Waals surface area contributed by atoms with E-state index in [1.54, 1.807) is 18.2 Å². The van der Waals surface area contributed by atoms with Crippen LogP contribution in [0, 0.1) is 10.1 Å². The first-order valence-electron chi connectivity index (χ1n) is 11.0. The molecule has 0 aliphatic carbocycles. The number of ether oxygens (including phenoxy) is 4. The van der Waals surface area contributed by atoms with Gasteiger partial charge in [0.25, 0.3) is 11.6 Å². The SMILES string of the molecule is CC(C)OCc1c(C(=O)OCC(=O)Nc2cc3c(cc2[N+](=O)[O-])OCCCO3)oc2ccccc12. The van der Waals surface area contributed by atoms with Gasteiger partial charge in [0.15, 0.2) is 18.1 Å². The summed E-state index contributed by atoms with van der Waals surface area (Å²) in [6.07, 6.45) is 0.538. The Balaban J connectivity index is 1.48. The predicted octanol–water partition coefficient (Wildman–Crippen LogP) is 4.22. The first-order valence-corrected chi connectivity index (χ1v) is 11.0. The van der Waals surface area contributed by atoms with E-state index in [2.05, 4.69) is 5.32 Å². The van der Waals surface area contributed by atoms with E-state index in [1.807, 2.05) is 19.9 Å². The minimum Gasteiger partial charge on any atom is -0.489 e. The van der Waals surface area contributed by atoms with Crippen LogP contribution in [0.5, 0.6) is 11.5 Å². The monoisotopic (exact) mass is 484 g/mol. The first-order chi connectivity index (χ1) is 16.8. The zero-order chi connectivity index (χ0) is 24.9. The van der Waals surface area contributed by atoms with Gasteiger partial charge in [-0.25, -0.2) is 4.79 Å². The van der Waals surface area contributed by atoms with E-state index in [4.69, 9.17) is 23.4 Å². The zero-order valence-electron chi connectivity index (χ0n) is 19.2. The van der Waals surface area contributed by atoms with Crippen LogP contribution in [0.25, 0.3) is 11.0 Å². The number of hydrogen-bond acceptors (Lipinski definition) is 9. The molecule has 3 aromatic rings. The number of nitro benzene ring substituents is 1. The van der Waals surface area contributed by atoms with E-state index < -0.39 is 23.4 Å². The van der Waals surface area contributed by atoms with Crippen LogP contribution in [0.4, 0.5) is 11.4 Å². The number of nitrogens with one attached hydrogen (secondary N) is 1. The molecule has 11 heteroatoms. The molecule has 0 saturated carbocycles. The van der Waals surface area contributed by atoms with E-state index in [9.17, 15) is 19.7 Å². The number of fused-ring (bicyclic) bond motifs is 2. The number of rotatable bonds is 8. The molecule has 0 atom stereocenters. The van der Waals surface area contributed by atoms with Crippen LogP contribution >= 0.6 is 0 Å². The van der Waals surface area contributed by atoms with Crippen molar-refractivity contribution in [2.24, 2.45) is 0 Å². The fourth-order valence-corrected chi connectivity index (χ4v) is 3.49. The van der Waals surface area contributed by atoms with Gasteiger partial charge in [0, 0.05) is 23.4 Å². The standard InChI is InChI=1S/C24H24N2O9/c1-14(2)33-12-16-15-6-3-4-7-19(15)35-23(16)24(28)34-13-22(27)25-17-10-20-21(11-18(17)26(29)30)32-9-5-8-31-20/h3-4,6-7,10-11,14H,5,8-9,12-13H2,1-2H3,(H,25,27). The number of furan rings is 1. The molecular weight excluding hydrogens is 460 g/mol. The Morgan fingerprint density at radius 1 is 1.14 bits per heavy atom. The van der Waals surface area contributed by atoms with Gasteiger partial charge in [-0.2, -0.15) is 0 Å². The Labute approximate surface area is 200 Å². The summed E-state index contributed by atoms with van der Waals surface area (Å²) in [6.45, 7) is 3.89. The number of para-hydroxylation sites is 1. The van der Waals surface area contributed by atoms with Gasteiger partial charge in [-0.15, -0.1) is 0 Å². The molecule has 1 amide bonds. The number of benzene rings is 2. The Bertz CT molecular complexity index is 1270. The third kappa shape index (κ3) is 5.52. The van der Waals surface area contributed by atoms with Crippen molar-refractivity contribution in [3.05, 3.63) is 57.8 Å².